The number of nitrogens with two attached hydrogens (primary N) is 2. The first kappa shape index (κ1) is 14.5. The number of primary amides is 1. The van der Waals surface area contributed by atoms with E-state index in [-0.39, 0.29) is 11.8 Å². The molecule has 2 amide bonds. The largest absolute Gasteiger partial charge is 0.369 e. The molecule has 1 aliphatic rings. The van der Waals surface area contributed by atoms with Gasteiger partial charge in [-0.05, 0) is 25.3 Å². The molecule has 1 aromatic carbocycles. The Morgan fingerprint density at radius 1 is 1.35 bits per heavy atom. The van der Waals surface area contributed by atoms with Gasteiger partial charge in [0.25, 0.3) is 0 Å². The highest BCUT2D eigenvalue weighted by Gasteiger charge is 2.41. The zero-order valence-electron chi connectivity index (χ0n) is 11.7. The third-order valence-corrected chi connectivity index (χ3v) is 4.00. The van der Waals surface area contributed by atoms with Gasteiger partial charge in [0.05, 0.1) is 11.5 Å². The van der Waals surface area contributed by atoms with E-state index in [9.17, 15) is 9.59 Å². The lowest BCUT2D eigenvalue weighted by molar-refractivity contribution is -0.132. The number of hydrogen-bond acceptors (Lipinski definition) is 3. The van der Waals surface area contributed by atoms with Crippen LogP contribution < -0.4 is 11.5 Å². The van der Waals surface area contributed by atoms with E-state index in [1.165, 1.54) is 0 Å². The molecule has 2 unspecified atom stereocenters. The lowest BCUT2D eigenvalue weighted by atomic mass is 9.89. The van der Waals surface area contributed by atoms with Crippen molar-refractivity contribution >= 4 is 11.8 Å². The van der Waals surface area contributed by atoms with Crippen molar-refractivity contribution in [2.45, 2.75) is 25.8 Å². The fourth-order valence-electron chi connectivity index (χ4n) is 2.54. The molecule has 5 heteroatoms. The van der Waals surface area contributed by atoms with Crippen LogP contribution in [0.2, 0.25) is 0 Å². The maximum Gasteiger partial charge on any atom is 0.239 e. The number of rotatable bonds is 4. The summed E-state index contributed by atoms with van der Waals surface area (Å²) in [6.07, 6.45) is 1.11. The third-order valence-electron chi connectivity index (χ3n) is 4.00. The molecular weight excluding hydrogens is 254 g/mol. The van der Waals surface area contributed by atoms with Gasteiger partial charge in [-0.25, -0.2) is 0 Å². The molecule has 5 nitrogen and oxygen atoms in total. The average molecular weight is 275 g/mol. The van der Waals surface area contributed by atoms with Crippen LogP contribution in [-0.2, 0) is 16.0 Å². The number of carbonyl (C=O) groups is 2. The molecule has 0 bridgehead atoms. The second kappa shape index (κ2) is 5.63. The van der Waals surface area contributed by atoms with Crippen molar-refractivity contribution in [3.63, 3.8) is 0 Å². The molecule has 0 aliphatic carbocycles. The van der Waals surface area contributed by atoms with Gasteiger partial charge in [0.1, 0.15) is 0 Å². The van der Waals surface area contributed by atoms with E-state index in [2.05, 4.69) is 0 Å². The first-order chi connectivity index (χ1) is 9.42. The van der Waals surface area contributed by atoms with Crippen LogP contribution in [0.1, 0.15) is 18.9 Å². The molecule has 1 fully saturated rings. The lowest BCUT2D eigenvalue weighted by Gasteiger charge is -2.23. The molecule has 20 heavy (non-hydrogen) atoms. The molecule has 108 valence electrons. The Balaban J connectivity index is 1.97. The second-order valence-corrected chi connectivity index (χ2v) is 5.73. The summed E-state index contributed by atoms with van der Waals surface area (Å²) >= 11 is 0. The predicted octanol–water partition coefficient (Wildman–Crippen LogP) is 0.280. The standard InChI is InChI=1S/C15H21N3O2/c1-15(14(17)20)7-8-18(10-15)13(19)12(16)9-11-5-3-2-4-6-11/h2-6,12H,7-10,16H2,1H3,(H2,17,20). The number of carbonyl (C=O) groups excluding carboxylic acids is 2. The van der Waals surface area contributed by atoms with Crippen LogP contribution in [0.25, 0.3) is 0 Å². The fraction of sp³-hybridized carbons (Fsp3) is 0.467. The topological polar surface area (TPSA) is 89.4 Å². The van der Waals surface area contributed by atoms with E-state index in [1.807, 2.05) is 30.3 Å². The number of benzene rings is 1. The van der Waals surface area contributed by atoms with E-state index in [4.69, 9.17) is 11.5 Å². The van der Waals surface area contributed by atoms with Crippen LogP contribution in [-0.4, -0.2) is 35.8 Å². The summed E-state index contributed by atoms with van der Waals surface area (Å²) in [5, 5.41) is 0. The van der Waals surface area contributed by atoms with Crippen molar-refractivity contribution in [3.05, 3.63) is 35.9 Å². The molecule has 1 aromatic rings. The molecule has 0 saturated carbocycles. The molecular formula is C15H21N3O2. The van der Waals surface area contributed by atoms with E-state index < -0.39 is 11.5 Å². The van der Waals surface area contributed by atoms with Crippen LogP contribution in [0.4, 0.5) is 0 Å². The van der Waals surface area contributed by atoms with Crippen LogP contribution in [0.15, 0.2) is 30.3 Å². The lowest BCUT2D eigenvalue weighted by Crippen LogP contribution is -2.46. The minimum Gasteiger partial charge on any atom is -0.369 e. The van der Waals surface area contributed by atoms with Crippen LogP contribution in [0.5, 0.6) is 0 Å². The Morgan fingerprint density at radius 3 is 2.55 bits per heavy atom. The molecule has 0 spiro atoms. The minimum atomic E-state index is -0.623. The predicted molar refractivity (Wildman–Crippen MR) is 76.6 cm³/mol. The van der Waals surface area contributed by atoms with Gasteiger partial charge in [-0.15, -0.1) is 0 Å². The van der Waals surface area contributed by atoms with Gasteiger partial charge in [-0.3, -0.25) is 9.59 Å². The Labute approximate surface area is 118 Å². The van der Waals surface area contributed by atoms with Crippen molar-refractivity contribution in [1.29, 1.82) is 0 Å². The molecule has 4 N–H and O–H groups in total. The third kappa shape index (κ3) is 2.99. The van der Waals surface area contributed by atoms with Crippen LogP contribution in [0.3, 0.4) is 0 Å². The SMILES string of the molecule is CC1(C(N)=O)CCN(C(=O)C(N)Cc2ccccc2)C1. The Hall–Kier alpha value is -1.88. The highest BCUT2D eigenvalue weighted by molar-refractivity contribution is 5.86. The molecule has 2 atom stereocenters. The molecule has 0 aromatic heterocycles. The fourth-order valence-corrected chi connectivity index (χ4v) is 2.54. The van der Waals surface area contributed by atoms with Crippen molar-refractivity contribution in [2.24, 2.45) is 16.9 Å². The highest BCUT2D eigenvalue weighted by atomic mass is 16.2. The van der Waals surface area contributed by atoms with Crippen molar-refractivity contribution in [3.8, 4) is 0 Å². The summed E-state index contributed by atoms with van der Waals surface area (Å²) < 4.78 is 0. The molecule has 2 rings (SSSR count). The number of likely N-dealkylation sites (tertiary alicyclic amines) is 1. The first-order valence-electron chi connectivity index (χ1n) is 6.80. The molecule has 1 aliphatic heterocycles. The van der Waals surface area contributed by atoms with E-state index in [1.54, 1.807) is 11.8 Å². The minimum absolute atomic E-state index is 0.112. The van der Waals surface area contributed by atoms with Crippen molar-refractivity contribution < 1.29 is 9.59 Å². The summed E-state index contributed by atoms with van der Waals surface area (Å²) in [6, 6.07) is 9.09. The second-order valence-electron chi connectivity index (χ2n) is 5.73. The zero-order valence-corrected chi connectivity index (χ0v) is 11.7. The summed E-state index contributed by atoms with van der Waals surface area (Å²) in [7, 11) is 0. The summed E-state index contributed by atoms with van der Waals surface area (Å²) in [4.78, 5) is 25.4. The first-order valence-corrected chi connectivity index (χ1v) is 6.80. The van der Waals surface area contributed by atoms with Gasteiger partial charge < -0.3 is 16.4 Å². The monoisotopic (exact) mass is 275 g/mol. The van der Waals surface area contributed by atoms with Crippen LogP contribution in [0, 0.1) is 5.41 Å². The van der Waals surface area contributed by atoms with Gasteiger partial charge >= 0.3 is 0 Å². The van der Waals surface area contributed by atoms with Crippen molar-refractivity contribution in [1.82, 2.24) is 4.90 Å². The zero-order chi connectivity index (χ0) is 14.8. The smallest absolute Gasteiger partial charge is 0.239 e. The van der Waals surface area contributed by atoms with Gasteiger partial charge in [0.2, 0.25) is 11.8 Å². The number of nitrogens with zero attached hydrogens (tertiary/aromatic N) is 1. The summed E-state index contributed by atoms with van der Waals surface area (Å²) in [5.41, 5.74) is 11.8. The maximum atomic E-state index is 12.3. The van der Waals surface area contributed by atoms with Gasteiger partial charge in [-0.1, -0.05) is 30.3 Å². The van der Waals surface area contributed by atoms with E-state index in [0.29, 0.717) is 25.9 Å². The maximum absolute atomic E-state index is 12.3. The van der Waals surface area contributed by atoms with Crippen LogP contribution >= 0.6 is 0 Å². The van der Waals surface area contributed by atoms with Crippen molar-refractivity contribution in [2.75, 3.05) is 13.1 Å². The highest BCUT2D eigenvalue weighted by Crippen LogP contribution is 2.29. The number of hydrogen-bond donors (Lipinski definition) is 2. The van der Waals surface area contributed by atoms with E-state index in [0.717, 1.165) is 5.56 Å². The quantitative estimate of drug-likeness (QED) is 0.827. The molecule has 1 saturated heterocycles. The van der Waals surface area contributed by atoms with Gasteiger partial charge in [0, 0.05) is 13.1 Å². The van der Waals surface area contributed by atoms with Gasteiger partial charge in [-0.2, -0.15) is 0 Å². The van der Waals surface area contributed by atoms with E-state index >= 15 is 0 Å². The normalized spacial score (nSPS) is 23.6. The number of amides is 2. The summed E-state index contributed by atoms with van der Waals surface area (Å²) in [5.74, 6) is -0.469. The Kier molecular flexibility index (Phi) is 4.09. The average Bonchev–Trinajstić information content (AvgIpc) is 2.83. The Morgan fingerprint density at radius 2 is 2.00 bits per heavy atom. The van der Waals surface area contributed by atoms with Gasteiger partial charge in [0.15, 0.2) is 0 Å². The summed E-state index contributed by atoms with van der Waals surface area (Å²) in [6.45, 7) is 2.70. The Bertz CT molecular complexity index is 503. The molecule has 0 radical (unpaired) electrons. The molecule has 1 heterocycles.